The number of hydrogen-bond acceptors (Lipinski definition) is 4. The first kappa shape index (κ1) is 15.4. The van der Waals surface area contributed by atoms with Crippen molar-refractivity contribution in [1.29, 1.82) is 0 Å². The third-order valence-corrected chi connectivity index (χ3v) is 3.54. The summed E-state index contributed by atoms with van der Waals surface area (Å²) in [5.74, 6) is -1.19. The molecule has 0 unspecified atom stereocenters. The Balaban J connectivity index is 2.33. The number of aryl methyl sites for hydroxylation is 1. The van der Waals surface area contributed by atoms with Crippen molar-refractivity contribution >= 4 is 23.3 Å². The number of carbonyl (C=O) groups is 2. The Bertz CT molecular complexity index is 445. The van der Waals surface area contributed by atoms with Gasteiger partial charge in [0.2, 0.25) is 0 Å². The van der Waals surface area contributed by atoms with Crippen LogP contribution in [0.2, 0.25) is 0 Å². The molecule has 0 bridgehead atoms. The van der Waals surface area contributed by atoms with Crippen LogP contribution in [0, 0.1) is 12.8 Å². The van der Waals surface area contributed by atoms with Gasteiger partial charge in [-0.1, -0.05) is 13.8 Å². The number of urea groups is 1. The average molecular weight is 285 g/mol. The van der Waals surface area contributed by atoms with Crippen molar-refractivity contribution < 1.29 is 14.7 Å². The topological polar surface area (TPSA) is 91.3 Å². The van der Waals surface area contributed by atoms with Gasteiger partial charge >= 0.3 is 12.0 Å². The van der Waals surface area contributed by atoms with Crippen molar-refractivity contribution in [2.45, 2.75) is 33.2 Å². The molecule has 1 aromatic heterocycles. The summed E-state index contributed by atoms with van der Waals surface area (Å²) in [6, 6.07) is -1.34. The van der Waals surface area contributed by atoms with Gasteiger partial charge in [-0.3, -0.25) is 0 Å². The molecule has 1 heterocycles. The van der Waals surface area contributed by atoms with Crippen LogP contribution < -0.4 is 10.6 Å². The van der Waals surface area contributed by atoms with E-state index in [1.165, 1.54) is 0 Å². The molecule has 7 heteroatoms. The minimum atomic E-state index is -1.03. The Morgan fingerprint density at radius 2 is 2.16 bits per heavy atom. The van der Waals surface area contributed by atoms with Crippen molar-refractivity contribution in [3.8, 4) is 0 Å². The van der Waals surface area contributed by atoms with E-state index in [1.807, 2.05) is 12.3 Å². The summed E-state index contributed by atoms with van der Waals surface area (Å²) in [6.07, 6.45) is 0.644. The van der Waals surface area contributed by atoms with E-state index in [9.17, 15) is 9.59 Å². The van der Waals surface area contributed by atoms with Crippen LogP contribution >= 0.6 is 11.3 Å². The number of aliphatic carboxylic acids is 1. The van der Waals surface area contributed by atoms with Gasteiger partial charge in [0.1, 0.15) is 6.04 Å². The Morgan fingerprint density at radius 1 is 1.47 bits per heavy atom. The molecule has 3 N–H and O–H groups in total. The van der Waals surface area contributed by atoms with Crippen LogP contribution in [0.25, 0.3) is 0 Å². The van der Waals surface area contributed by atoms with Gasteiger partial charge in [-0.15, -0.1) is 11.3 Å². The number of rotatable bonds is 6. The number of carboxylic acid groups (broad SMARTS) is 1. The number of nitrogens with one attached hydrogen (secondary N) is 2. The fourth-order valence-corrected chi connectivity index (χ4v) is 2.28. The Morgan fingerprint density at radius 3 is 2.63 bits per heavy atom. The highest BCUT2D eigenvalue weighted by Gasteiger charge is 2.23. The van der Waals surface area contributed by atoms with Crippen LogP contribution in [0.15, 0.2) is 5.38 Å². The molecule has 0 aliphatic carbocycles. The van der Waals surface area contributed by atoms with Crippen LogP contribution in [0.5, 0.6) is 0 Å². The molecule has 0 radical (unpaired) electrons. The first-order chi connectivity index (χ1) is 8.90. The average Bonchev–Trinajstić information content (AvgIpc) is 2.71. The lowest BCUT2D eigenvalue weighted by Crippen LogP contribution is -2.48. The molecule has 0 saturated heterocycles. The summed E-state index contributed by atoms with van der Waals surface area (Å²) in [5, 5.41) is 16.9. The summed E-state index contributed by atoms with van der Waals surface area (Å²) in [5.41, 5.74) is 0.968. The number of thiazole rings is 1. The van der Waals surface area contributed by atoms with Crippen molar-refractivity contribution in [3.05, 3.63) is 16.1 Å². The van der Waals surface area contributed by atoms with Crippen LogP contribution in [-0.2, 0) is 11.2 Å². The normalized spacial score (nSPS) is 12.2. The van der Waals surface area contributed by atoms with E-state index in [4.69, 9.17) is 5.11 Å². The molecule has 0 aliphatic rings. The molecule has 0 spiro atoms. The lowest BCUT2D eigenvalue weighted by Gasteiger charge is -2.18. The van der Waals surface area contributed by atoms with Crippen molar-refractivity contribution in [2.24, 2.45) is 5.92 Å². The second kappa shape index (κ2) is 7.08. The second-order valence-corrected chi connectivity index (χ2v) is 5.54. The highest BCUT2D eigenvalue weighted by atomic mass is 32.1. The summed E-state index contributed by atoms with van der Waals surface area (Å²) < 4.78 is 0. The molecular weight excluding hydrogens is 266 g/mol. The van der Waals surface area contributed by atoms with E-state index in [2.05, 4.69) is 15.6 Å². The molecule has 0 aromatic carbocycles. The summed E-state index contributed by atoms with van der Waals surface area (Å²) in [6.45, 7) is 5.85. The molecule has 106 valence electrons. The molecule has 1 rings (SSSR count). The zero-order valence-electron chi connectivity index (χ0n) is 11.3. The van der Waals surface area contributed by atoms with E-state index in [0.29, 0.717) is 13.0 Å². The summed E-state index contributed by atoms with van der Waals surface area (Å²) in [7, 11) is 0. The zero-order chi connectivity index (χ0) is 14.4. The van der Waals surface area contributed by atoms with E-state index in [0.717, 1.165) is 10.7 Å². The van der Waals surface area contributed by atoms with Crippen LogP contribution in [0.1, 0.15) is 24.5 Å². The van der Waals surface area contributed by atoms with E-state index in [1.54, 1.807) is 25.2 Å². The monoisotopic (exact) mass is 285 g/mol. The fourth-order valence-electron chi connectivity index (χ4n) is 1.51. The van der Waals surface area contributed by atoms with Gasteiger partial charge in [-0.05, 0) is 12.8 Å². The zero-order valence-corrected chi connectivity index (χ0v) is 12.1. The fraction of sp³-hybridized carbons (Fsp3) is 0.583. The highest BCUT2D eigenvalue weighted by Crippen LogP contribution is 2.08. The molecule has 0 saturated carbocycles. The quantitative estimate of drug-likeness (QED) is 0.737. The maximum Gasteiger partial charge on any atom is 0.326 e. The Labute approximate surface area is 116 Å². The first-order valence-electron chi connectivity index (χ1n) is 6.08. The number of hydrogen-bond donors (Lipinski definition) is 3. The van der Waals surface area contributed by atoms with Crippen LogP contribution in [0.3, 0.4) is 0 Å². The van der Waals surface area contributed by atoms with Crippen molar-refractivity contribution in [1.82, 2.24) is 15.6 Å². The molecule has 6 nitrogen and oxygen atoms in total. The van der Waals surface area contributed by atoms with E-state index < -0.39 is 18.0 Å². The predicted molar refractivity (Wildman–Crippen MR) is 73.4 cm³/mol. The molecule has 19 heavy (non-hydrogen) atoms. The van der Waals surface area contributed by atoms with Gasteiger partial charge in [0, 0.05) is 24.0 Å². The lowest BCUT2D eigenvalue weighted by molar-refractivity contribution is -0.140. The van der Waals surface area contributed by atoms with Crippen molar-refractivity contribution in [2.75, 3.05) is 6.54 Å². The number of carbonyl (C=O) groups excluding carboxylic acids is 1. The van der Waals surface area contributed by atoms with Gasteiger partial charge in [0.25, 0.3) is 0 Å². The smallest absolute Gasteiger partial charge is 0.326 e. The molecule has 1 aromatic rings. The van der Waals surface area contributed by atoms with E-state index >= 15 is 0 Å². The molecule has 0 fully saturated rings. The third-order valence-electron chi connectivity index (χ3n) is 2.51. The third kappa shape index (κ3) is 5.25. The van der Waals surface area contributed by atoms with Gasteiger partial charge in [0.05, 0.1) is 5.01 Å². The van der Waals surface area contributed by atoms with Crippen molar-refractivity contribution in [3.63, 3.8) is 0 Å². The van der Waals surface area contributed by atoms with Gasteiger partial charge in [-0.25, -0.2) is 14.6 Å². The summed E-state index contributed by atoms with van der Waals surface area (Å²) >= 11 is 1.55. The number of nitrogens with zero attached hydrogens (tertiary/aromatic N) is 1. The Kier molecular flexibility index (Phi) is 5.75. The van der Waals surface area contributed by atoms with E-state index in [-0.39, 0.29) is 5.92 Å². The maximum atomic E-state index is 11.6. The number of amides is 2. The largest absolute Gasteiger partial charge is 0.480 e. The minimum absolute atomic E-state index is 0.162. The SMILES string of the molecule is Cc1csc(CCNC(=O)N[C@@H](C(=O)O)C(C)C)n1. The Hall–Kier alpha value is -1.63. The van der Waals surface area contributed by atoms with Gasteiger partial charge < -0.3 is 15.7 Å². The molecular formula is C12H19N3O3S. The first-order valence-corrected chi connectivity index (χ1v) is 6.96. The number of carboxylic acids is 1. The molecule has 0 aliphatic heterocycles. The standard InChI is InChI=1S/C12H19N3O3S/c1-7(2)10(11(16)17)15-12(18)13-5-4-9-14-8(3)6-19-9/h6-7,10H,4-5H2,1-3H3,(H,16,17)(H2,13,15,18)/t10-/m1/s1. The van der Waals surface area contributed by atoms with Crippen LogP contribution in [-0.4, -0.2) is 34.7 Å². The molecule has 2 amide bonds. The second-order valence-electron chi connectivity index (χ2n) is 4.59. The highest BCUT2D eigenvalue weighted by molar-refractivity contribution is 7.09. The maximum absolute atomic E-state index is 11.6. The van der Waals surface area contributed by atoms with Gasteiger partial charge in [-0.2, -0.15) is 0 Å². The minimum Gasteiger partial charge on any atom is -0.480 e. The lowest BCUT2D eigenvalue weighted by atomic mass is 10.1. The van der Waals surface area contributed by atoms with Crippen LogP contribution in [0.4, 0.5) is 4.79 Å². The summed E-state index contributed by atoms with van der Waals surface area (Å²) in [4.78, 5) is 26.8. The predicted octanol–water partition coefficient (Wildman–Crippen LogP) is 1.40. The molecule has 1 atom stereocenters. The number of aromatic nitrogens is 1. The van der Waals surface area contributed by atoms with Gasteiger partial charge in [0.15, 0.2) is 0 Å².